The van der Waals surface area contributed by atoms with Gasteiger partial charge in [0, 0.05) is 20.8 Å². The molecular formula is C14H14BrNOS. The van der Waals surface area contributed by atoms with E-state index >= 15 is 0 Å². The first-order valence-electron chi connectivity index (χ1n) is 5.50. The molecule has 0 radical (unpaired) electrons. The molecule has 18 heavy (non-hydrogen) atoms. The Hall–Kier alpha value is -1.13. The Morgan fingerprint density at radius 1 is 1.22 bits per heavy atom. The molecule has 0 amide bonds. The number of rotatable bonds is 4. The van der Waals surface area contributed by atoms with Crippen LogP contribution >= 0.6 is 27.7 Å². The van der Waals surface area contributed by atoms with Crippen LogP contribution in [0.5, 0.6) is 5.75 Å². The van der Waals surface area contributed by atoms with Gasteiger partial charge in [0.05, 0.1) is 7.11 Å². The SMILES string of the molecule is COc1ccc(Br)c(CSc2cccc(N)c2)c1. The van der Waals surface area contributed by atoms with Gasteiger partial charge < -0.3 is 10.5 Å². The number of thioether (sulfide) groups is 1. The van der Waals surface area contributed by atoms with Gasteiger partial charge in [0.25, 0.3) is 0 Å². The minimum Gasteiger partial charge on any atom is -0.497 e. The molecule has 0 aliphatic heterocycles. The molecule has 2 rings (SSSR count). The zero-order valence-corrected chi connectivity index (χ0v) is 12.4. The van der Waals surface area contributed by atoms with Crippen molar-refractivity contribution in [3.8, 4) is 5.75 Å². The van der Waals surface area contributed by atoms with Crippen molar-refractivity contribution in [1.29, 1.82) is 0 Å². The number of nitrogen functional groups attached to an aromatic ring is 1. The maximum Gasteiger partial charge on any atom is 0.119 e. The van der Waals surface area contributed by atoms with E-state index in [0.717, 1.165) is 21.7 Å². The summed E-state index contributed by atoms with van der Waals surface area (Å²) in [5.41, 5.74) is 7.77. The van der Waals surface area contributed by atoms with Crippen molar-refractivity contribution in [3.05, 3.63) is 52.5 Å². The minimum absolute atomic E-state index is 0.796. The Balaban J connectivity index is 2.10. The number of anilines is 1. The molecule has 0 aliphatic carbocycles. The summed E-state index contributed by atoms with van der Waals surface area (Å²) in [5, 5.41) is 0. The molecule has 2 nitrogen and oxygen atoms in total. The van der Waals surface area contributed by atoms with Crippen LogP contribution in [0.25, 0.3) is 0 Å². The molecule has 0 aliphatic rings. The first-order chi connectivity index (χ1) is 8.69. The van der Waals surface area contributed by atoms with E-state index in [1.165, 1.54) is 10.5 Å². The highest BCUT2D eigenvalue weighted by molar-refractivity contribution is 9.10. The average molecular weight is 324 g/mol. The van der Waals surface area contributed by atoms with Gasteiger partial charge in [-0.05, 0) is 42.0 Å². The molecule has 0 spiro atoms. The van der Waals surface area contributed by atoms with Crippen LogP contribution in [0.3, 0.4) is 0 Å². The fourth-order valence-electron chi connectivity index (χ4n) is 1.55. The molecule has 94 valence electrons. The Bertz CT molecular complexity index is 545. The lowest BCUT2D eigenvalue weighted by Crippen LogP contribution is -1.88. The van der Waals surface area contributed by atoms with Crippen molar-refractivity contribution in [3.63, 3.8) is 0 Å². The lowest BCUT2D eigenvalue weighted by Gasteiger charge is -2.07. The quantitative estimate of drug-likeness (QED) is 0.671. The smallest absolute Gasteiger partial charge is 0.119 e. The second kappa shape index (κ2) is 6.16. The van der Waals surface area contributed by atoms with E-state index < -0.39 is 0 Å². The van der Waals surface area contributed by atoms with Crippen molar-refractivity contribution in [1.82, 2.24) is 0 Å². The molecule has 2 N–H and O–H groups in total. The van der Waals surface area contributed by atoms with Crippen molar-refractivity contribution in [2.45, 2.75) is 10.6 Å². The standard InChI is InChI=1S/C14H14BrNOS/c1-17-12-5-6-14(15)10(7-12)9-18-13-4-2-3-11(16)8-13/h2-8H,9,16H2,1H3. The van der Waals surface area contributed by atoms with Crippen LogP contribution < -0.4 is 10.5 Å². The number of halogens is 1. The predicted octanol–water partition coefficient (Wildman–Crippen LogP) is 4.33. The molecular weight excluding hydrogens is 310 g/mol. The Morgan fingerprint density at radius 3 is 2.78 bits per heavy atom. The van der Waals surface area contributed by atoms with E-state index in [1.807, 2.05) is 36.4 Å². The van der Waals surface area contributed by atoms with E-state index in [-0.39, 0.29) is 0 Å². The second-order valence-electron chi connectivity index (χ2n) is 3.82. The third-order valence-corrected chi connectivity index (χ3v) is 4.32. The number of benzene rings is 2. The van der Waals surface area contributed by atoms with Crippen LogP contribution in [-0.2, 0) is 5.75 Å². The van der Waals surface area contributed by atoms with Gasteiger partial charge in [-0.25, -0.2) is 0 Å². The zero-order valence-electron chi connectivity index (χ0n) is 10.0. The highest BCUT2D eigenvalue weighted by atomic mass is 79.9. The van der Waals surface area contributed by atoms with Crippen molar-refractivity contribution in [2.24, 2.45) is 0 Å². The van der Waals surface area contributed by atoms with Crippen molar-refractivity contribution >= 4 is 33.4 Å². The van der Waals surface area contributed by atoms with Crippen LogP contribution in [0, 0.1) is 0 Å². The second-order valence-corrected chi connectivity index (χ2v) is 5.72. The zero-order chi connectivity index (χ0) is 13.0. The van der Waals surface area contributed by atoms with E-state index in [0.29, 0.717) is 0 Å². The molecule has 2 aromatic rings. The van der Waals surface area contributed by atoms with Crippen LogP contribution in [0.15, 0.2) is 51.8 Å². The van der Waals surface area contributed by atoms with E-state index in [9.17, 15) is 0 Å². The summed E-state index contributed by atoms with van der Waals surface area (Å²) in [6, 6.07) is 13.9. The lowest BCUT2D eigenvalue weighted by molar-refractivity contribution is 0.414. The van der Waals surface area contributed by atoms with Gasteiger partial charge in [0.1, 0.15) is 5.75 Å². The molecule has 0 atom stereocenters. The summed E-state index contributed by atoms with van der Waals surface area (Å²) in [6.07, 6.45) is 0. The topological polar surface area (TPSA) is 35.2 Å². The fraction of sp³-hybridized carbons (Fsp3) is 0.143. The van der Waals surface area contributed by atoms with Gasteiger partial charge in [-0.3, -0.25) is 0 Å². The van der Waals surface area contributed by atoms with Crippen LogP contribution in [-0.4, -0.2) is 7.11 Å². The number of nitrogens with two attached hydrogens (primary N) is 1. The summed E-state index contributed by atoms with van der Waals surface area (Å²) >= 11 is 5.31. The Kier molecular flexibility index (Phi) is 4.55. The molecule has 4 heteroatoms. The van der Waals surface area contributed by atoms with Crippen LogP contribution in [0.4, 0.5) is 5.69 Å². The van der Waals surface area contributed by atoms with Gasteiger partial charge >= 0.3 is 0 Å². The summed E-state index contributed by atoms with van der Waals surface area (Å²) in [6.45, 7) is 0. The molecule has 0 unspecified atom stereocenters. The molecule has 0 bridgehead atoms. The van der Waals surface area contributed by atoms with Gasteiger partial charge in [-0.2, -0.15) is 0 Å². The molecule has 2 aromatic carbocycles. The number of methoxy groups -OCH3 is 1. The molecule has 0 fully saturated rings. The van der Waals surface area contributed by atoms with E-state index in [1.54, 1.807) is 18.9 Å². The highest BCUT2D eigenvalue weighted by Gasteiger charge is 2.03. The normalized spacial score (nSPS) is 10.3. The fourth-order valence-corrected chi connectivity index (χ4v) is 3.08. The highest BCUT2D eigenvalue weighted by Crippen LogP contribution is 2.30. The largest absolute Gasteiger partial charge is 0.497 e. The van der Waals surface area contributed by atoms with Gasteiger partial charge in [-0.15, -0.1) is 11.8 Å². The first-order valence-corrected chi connectivity index (χ1v) is 7.27. The minimum atomic E-state index is 0.796. The third-order valence-electron chi connectivity index (χ3n) is 2.51. The number of hydrogen-bond acceptors (Lipinski definition) is 3. The van der Waals surface area contributed by atoms with E-state index in [4.69, 9.17) is 10.5 Å². The summed E-state index contributed by atoms with van der Waals surface area (Å²) in [5.74, 6) is 1.75. The summed E-state index contributed by atoms with van der Waals surface area (Å²) in [4.78, 5) is 1.17. The molecule has 0 saturated heterocycles. The predicted molar refractivity (Wildman–Crippen MR) is 81.1 cm³/mol. The molecule has 0 saturated carbocycles. The average Bonchev–Trinajstić information content (AvgIpc) is 2.38. The molecule has 0 heterocycles. The first kappa shape index (κ1) is 13.3. The lowest BCUT2D eigenvalue weighted by atomic mass is 10.2. The van der Waals surface area contributed by atoms with Gasteiger partial charge in [0.15, 0.2) is 0 Å². The maximum atomic E-state index is 5.76. The number of hydrogen-bond donors (Lipinski definition) is 1. The van der Waals surface area contributed by atoms with Crippen LogP contribution in [0.2, 0.25) is 0 Å². The summed E-state index contributed by atoms with van der Waals surface area (Å²) in [7, 11) is 1.68. The van der Waals surface area contributed by atoms with Crippen molar-refractivity contribution < 1.29 is 4.74 Å². The monoisotopic (exact) mass is 323 g/mol. The Morgan fingerprint density at radius 2 is 2.06 bits per heavy atom. The van der Waals surface area contributed by atoms with Gasteiger partial charge in [-0.1, -0.05) is 22.0 Å². The van der Waals surface area contributed by atoms with Gasteiger partial charge in [0.2, 0.25) is 0 Å². The van der Waals surface area contributed by atoms with E-state index in [2.05, 4.69) is 22.0 Å². The summed E-state index contributed by atoms with van der Waals surface area (Å²) < 4.78 is 6.33. The maximum absolute atomic E-state index is 5.76. The van der Waals surface area contributed by atoms with Crippen LogP contribution in [0.1, 0.15) is 5.56 Å². The molecule has 0 aromatic heterocycles. The van der Waals surface area contributed by atoms with Crippen molar-refractivity contribution in [2.75, 3.05) is 12.8 Å². The third kappa shape index (κ3) is 3.43. The number of ether oxygens (including phenoxy) is 1. The Labute approximate surface area is 120 Å².